The second-order valence-electron chi connectivity index (χ2n) is 3.59. The molecule has 94 valence electrons. The third-order valence-electron chi connectivity index (χ3n) is 2.22. The van der Waals surface area contributed by atoms with E-state index in [0.29, 0.717) is 5.56 Å². The van der Waals surface area contributed by atoms with Crippen molar-refractivity contribution in [2.45, 2.75) is 11.8 Å². The Morgan fingerprint density at radius 3 is 2.50 bits per heavy atom. The maximum Gasteiger partial charge on any atom is 0.264 e. The fourth-order valence-corrected chi connectivity index (χ4v) is 2.63. The zero-order valence-corrected chi connectivity index (χ0v) is 10.3. The van der Waals surface area contributed by atoms with Crippen molar-refractivity contribution in [1.29, 1.82) is 0 Å². The van der Waals surface area contributed by atoms with E-state index in [-0.39, 0.29) is 10.8 Å². The number of rotatable bonds is 3. The second-order valence-corrected chi connectivity index (χ2v) is 5.24. The number of aryl methyl sites for hydroxylation is 1. The lowest BCUT2D eigenvalue weighted by atomic mass is 10.2. The summed E-state index contributed by atoms with van der Waals surface area (Å²) in [6.07, 6.45) is 2.84. The molecule has 2 aromatic rings. The summed E-state index contributed by atoms with van der Waals surface area (Å²) in [5.74, 6) is -0.511. The van der Waals surface area contributed by atoms with Gasteiger partial charge < -0.3 is 0 Å². The Morgan fingerprint density at radius 1 is 1.22 bits per heavy atom. The van der Waals surface area contributed by atoms with Gasteiger partial charge in [0.1, 0.15) is 5.82 Å². The lowest BCUT2D eigenvalue weighted by Crippen LogP contribution is -2.16. The molecule has 0 saturated carbocycles. The van der Waals surface area contributed by atoms with E-state index >= 15 is 0 Å². The van der Waals surface area contributed by atoms with Crippen molar-refractivity contribution in [3.63, 3.8) is 0 Å². The molecule has 0 amide bonds. The molecule has 18 heavy (non-hydrogen) atoms. The number of nitrogens with one attached hydrogen (secondary N) is 1. The summed E-state index contributed by atoms with van der Waals surface area (Å²) in [6, 6.07) is 5.02. The van der Waals surface area contributed by atoms with Gasteiger partial charge in [-0.1, -0.05) is 0 Å². The molecule has 1 heterocycles. The number of hydrogen-bond donors (Lipinski definition) is 1. The zero-order chi connectivity index (χ0) is 13.2. The van der Waals surface area contributed by atoms with E-state index in [0.717, 1.165) is 12.1 Å². The van der Waals surface area contributed by atoms with E-state index in [9.17, 15) is 12.8 Å². The summed E-state index contributed by atoms with van der Waals surface area (Å²) in [6.45, 7) is 1.52. The molecule has 0 atom stereocenters. The number of halogens is 1. The predicted molar refractivity (Wildman–Crippen MR) is 64.0 cm³/mol. The van der Waals surface area contributed by atoms with Crippen molar-refractivity contribution < 1.29 is 12.8 Å². The monoisotopic (exact) mass is 267 g/mol. The molecule has 5 nitrogen and oxygen atoms in total. The van der Waals surface area contributed by atoms with Crippen LogP contribution in [0.3, 0.4) is 0 Å². The van der Waals surface area contributed by atoms with Gasteiger partial charge in [0.25, 0.3) is 10.0 Å². The first-order valence-corrected chi connectivity index (χ1v) is 6.53. The first-order valence-electron chi connectivity index (χ1n) is 5.05. The number of anilines is 1. The van der Waals surface area contributed by atoms with Crippen LogP contribution < -0.4 is 4.72 Å². The molecular formula is C11H10FN3O2S. The molecule has 0 saturated heterocycles. The molecule has 0 fully saturated rings. The van der Waals surface area contributed by atoms with Crippen molar-refractivity contribution in [2.75, 3.05) is 4.72 Å². The molecular weight excluding hydrogens is 257 g/mol. The van der Waals surface area contributed by atoms with Crippen LogP contribution in [-0.2, 0) is 10.0 Å². The first kappa shape index (κ1) is 12.4. The number of benzene rings is 1. The summed E-state index contributed by atoms with van der Waals surface area (Å²) in [4.78, 5) is 7.52. The van der Waals surface area contributed by atoms with E-state index < -0.39 is 15.8 Å². The maximum atomic E-state index is 12.9. The summed E-state index contributed by atoms with van der Waals surface area (Å²) in [5, 5.41) is 0. The number of aromatic nitrogens is 2. The van der Waals surface area contributed by atoms with Gasteiger partial charge in [-0.25, -0.2) is 27.5 Å². The second kappa shape index (κ2) is 4.69. The normalized spacial score (nSPS) is 11.2. The predicted octanol–water partition coefficient (Wildman–Crippen LogP) is 1.72. The Hall–Kier alpha value is -2.02. The van der Waals surface area contributed by atoms with Gasteiger partial charge in [0.05, 0.1) is 4.90 Å². The van der Waals surface area contributed by atoms with Crippen LogP contribution in [0.4, 0.5) is 10.3 Å². The topological polar surface area (TPSA) is 72.0 Å². The van der Waals surface area contributed by atoms with Crippen molar-refractivity contribution in [3.05, 3.63) is 48.0 Å². The molecule has 0 unspecified atom stereocenters. The Kier molecular flexibility index (Phi) is 3.24. The van der Waals surface area contributed by atoms with Gasteiger partial charge in [-0.2, -0.15) is 0 Å². The Morgan fingerprint density at radius 2 is 1.89 bits per heavy atom. The van der Waals surface area contributed by atoms with Gasteiger partial charge in [0, 0.05) is 12.4 Å². The third kappa shape index (κ3) is 2.62. The van der Waals surface area contributed by atoms with Crippen LogP contribution in [0.1, 0.15) is 5.56 Å². The van der Waals surface area contributed by atoms with Crippen molar-refractivity contribution in [3.8, 4) is 0 Å². The summed E-state index contributed by atoms with van der Waals surface area (Å²) >= 11 is 0. The average molecular weight is 267 g/mol. The highest BCUT2D eigenvalue weighted by Gasteiger charge is 2.18. The minimum absolute atomic E-state index is 0.00338. The van der Waals surface area contributed by atoms with Crippen LogP contribution in [0.5, 0.6) is 0 Å². The van der Waals surface area contributed by atoms with Gasteiger partial charge in [-0.3, -0.25) is 0 Å². The quantitative estimate of drug-likeness (QED) is 0.919. The van der Waals surface area contributed by atoms with Gasteiger partial charge in [0.2, 0.25) is 5.95 Å². The van der Waals surface area contributed by atoms with E-state index in [2.05, 4.69) is 14.7 Å². The van der Waals surface area contributed by atoms with Crippen LogP contribution in [-0.4, -0.2) is 18.4 Å². The smallest absolute Gasteiger partial charge is 0.247 e. The van der Waals surface area contributed by atoms with E-state index in [1.807, 2.05) is 0 Å². The number of nitrogens with zero attached hydrogens (tertiary/aromatic N) is 2. The van der Waals surface area contributed by atoms with Crippen LogP contribution in [0.2, 0.25) is 0 Å². The number of sulfonamides is 1. The van der Waals surface area contributed by atoms with Crippen molar-refractivity contribution in [2.24, 2.45) is 0 Å². The standard InChI is InChI=1S/C11H10FN3O2S/c1-8-7-9(12)3-4-10(8)18(16,17)15-11-13-5-2-6-14-11/h2-7H,1H3,(H,13,14,15). The maximum absolute atomic E-state index is 12.9. The molecule has 1 N–H and O–H groups in total. The van der Waals surface area contributed by atoms with Crippen molar-refractivity contribution >= 4 is 16.0 Å². The minimum atomic E-state index is -3.80. The van der Waals surface area contributed by atoms with Crippen LogP contribution in [0.15, 0.2) is 41.6 Å². The molecule has 0 radical (unpaired) electrons. The first-order chi connectivity index (χ1) is 8.49. The van der Waals surface area contributed by atoms with Gasteiger partial charge in [-0.15, -0.1) is 0 Å². The largest absolute Gasteiger partial charge is 0.264 e. The SMILES string of the molecule is Cc1cc(F)ccc1S(=O)(=O)Nc1ncccn1. The highest BCUT2D eigenvalue weighted by atomic mass is 32.2. The van der Waals surface area contributed by atoms with E-state index in [1.165, 1.54) is 25.4 Å². The summed E-state index contributed by atoms with van der Waals surface area (Å²) < 4.78 is 39.2. The molecule has 0 aliphatic rings. The Bertz CT molecular complexity index is 659. The molecule has 0 spiro atoms. The van der Waals surface area contributed by atoms with Crippen molar-refractivity contribution in [1.82, 2.24) is 9.97 Å². The van der Waals surface area contributed by atoms with E-state index in [4.69, 9.17) is 0 Å². The highest BCUT2D eigenvalue weighted by Crippen LogP contribution is 2.18. The molecule has 0 bridgehead atoms. The van der Waals surface area contributed by atoms with Gasteiger partial charge >= 0.3 is 0 Å². The van der Waals surface area contributed by atoms with Crippen LogP contribution in [0, 0.1) is 12.7 Å². The molecule has 1 aromatic carbocycles. The lowest BCUT2D eigenvalue weighted by Gasteiger charge is -2.08. The van der Waals surface area contributed by atoms with Crippen LogP contribution >= 0.6 is 0 Å². The minimum Gasteiger partial charge on any atom is -0.247 e. The summed E-state index contributed by atoms with van der Waals surface area (Å²) in [7, 11) is -3.80. The molecule has 1 aromatic heterocycles. The Balaban J connectivity index is 2.37. The number of hydrogen-bond acceptors (Lipinski definition) is 4. The zero-order valence-electron chi connectivity index (χ0n) is 9.46. The third-order valence-corrected chi connectivity index (χ3v) is 3.71. The van der Waals surface area contributed by atoms with Gasteiger partial charge in [0.15, 0.2) is 0 Å². The lowest BCUT2D eigenvalue weighted by molar-refractivity contribution is 0.598. The summed E-state index contributed by atoms with van der Waals surface area (Å²) in [5.41, 5.74) is 0.318. The Labute approximate surface area is 104 Å². The highest BCUT2D eigenvalue weighted by molar-refractivity contribution is 7.92. The fourth-order valence-electron chi connectivity index (χ4n) is 1.44. The van der Waals surface area contributed by atoms with Crippen LogP contribution in [0.25, 0.3) is 0 Å². The molecule has 2 rings (SSSR count). The molecule has 7 heteroatoms. The average Bonchev–Trinajstić information content (AvgIpc) is 2.29. The van der Waals surface area contributed by atoms with Gasteiger partial charge in [-0.05, 0) is 36.8 Å². The fraction of sp³-hybridized carbons (Fsp3) is 0.0909. The molecule has 0 aliphatic carbocycles. The molecule has 0 aliphatic heterocycles. The van der Waals surface area contributed by atoms with E-state index in [1.54, 1.807) is 6.07 Å².